The molecule has 1 rings (SSSR count). The number of hydrogen-bond donors (Lipinski definition) is 1. The monoisotopic (exact) mass is 192 g/mol. The van der Waals surface area contributed by atoms with Gasteiger partial charge in [0.2, 0.25) is 5.82 Å². The molecule has 0 heterocycles. The van der Waals surface area contributed by atoms with Crippen molar-refractivity contribution >= 4 is 11.4 Å². The molecule has 0 aliphatic heterocycles. The number of nitrogen functional groups attached to an aromatic ring is 1. The normalized spacial score (nSPS) is 9.00. The SMILES string of the molecule is [CH2-]Oc1cc(F)c([N+](=O)[O-])cc1N.[Li+]. The Bertz CT molecular complexity index is 359. The number of hydrogen-bond acceptors (Lipinski definition) is 4. The van der Waals surface area contributed by atoms with E-state index in [0.717, 1.165) is 12.1 Å². The summed E-state index contributed by atoms with van der Waals surface area (Å²) < 4.78 is 17.3. The Morgan fingerprint density at radius 2 is 2.14 bits per heavy atom. The van der Waals surface area contributed by atoms with Gasteiger partial charge in [0.15, 0.2) is 0 Å². The van der Waals surface area contributed by atoms with E-state index in [2.05, 4.69) is 11.8 Å². The minimum atomic E-state index is -1.00. The molecule has 0 fully saturated rings. The van der Waals surface area contributed by atoms with Gasteiger partial charge in [0.1, 0.15) is 5.75 Å². The molecule has 1 aromatic carbocycles. The molecule has 14 heavy (non-hydrogen) atoms. The van der Waals surface area contributed by atoms with Crippen LogP contribution in [0.1, 0.15) is 0 Å². The van der Waals surface area contributed by atoms with Crippen LogP contribution in [0.25, 0.3) is 0 Å². The van der Waals surface area contributed by atoms with Gasteiger partial charge in [-0.3, -0.25) is 10.1 Å². The van der Waals surface area contributed by atoms with Gasteiger partial charge in [-0.1, -0.05) is 0 Å². The molecule has 0 aliphatic carbocycles. The number of halogens is 1. The molecule has 0 saturated heterocycles. The third kappa shape index (κ3) is 2.37. The number of nitrogens with zero attached hydrogens (tertiary/aromatic N) is 1. The minimum absolute atomic E-state index is 0. The topological polar surface area (TPSA) is 78.4 Å². The summed E-state index contributed by atoms with van der Waals surface area (Å²) in [6.45, 7) is 0. The van der Waals surface area contributed by atoms with Crippen LogP contribution in [0.4, 0.5) is 15.8 Å². The van der Waals surface area contributed by atoms with Crippen LogP contribution in [0.3, 0.4) is 0 Å². The fraction of sp³-hybridized carbons (Fsp3) is 0. The molecule has 0 bridgehead atoms. The standard InChI is InChI=1S/C7H6FN2O3.Li/c1-13-7-2-4(8)6(10(11)12)3-5(7)9;/h2-3H,1,9H2;/q-1;+1. The molecule has 0 saturated carbocycles. The molecule has 0 aliphatic rings. The first kappa shape index (κ1) is 12.7. The fourth-order valence-electron chi connectivity index (χ4n) is 0.825. The largest absolute Gasteiger partial charge is 1.00 e. The summed E-state index contributed by atoms with van der Waals surface area (Å²) in [5.74, 6) is -1.03. The summed E-state index contributed by atoms with van der Waals surface area (Å²) in [7, 11) is 3.02. The number of nitrogens with two attached hydrogens (primary N) is 1. The van der Waals surface area contributed by atoms with E-state index in [4.69, 9.17) is 5.73 Å². The molecule has 0 atom stereocenters. The van der Waals surface area contributed by atoms with Crippen LogP contribution in [0.15, 0.2) is 12.1 Å². The first-order valence-corrected chi connectivity index (χ1v) is 3.21. The maximum absolute atomic E-state index is 12.9. The van der Waals surface area contributed by atoms with E-state index >= 15 is 0 Å². The summed E-state index contributed by atoms with van der Waals surface area (Å²) in [4.78, 5) is 9.36. The molecule has 5 nitrogen and oxygen atoms in total. The molecule has 1 aromatic rings. The van der Waals surface area contributed by atoms with Crippen molar-refractivity contribution in [1.82, 2.24) is 0 Å². The molecule has 2 N–H and O–H groups in total. The Hall–Kier alpha value is -1.25. The molecule has 7 heteroatoms. The van der Waals surface area contributed by atoms with Crippen molar-refractivity contribution in [3.63, 3.8) is 0 Å². The maximum atomic E-state index is 12.9. The predicted molar refractivity (Wildman–Crippen MR) is 43.5 cm³/mol. The average Bonchev–Trinajstić information content (AvgIpc) is 2.07. The van der Waals surface area contributed by atoms with Crippen LogP contribution in [0.2, 0.25) is 0 Å². The number of benzene rings is 1. The van der Waals surface area contributed by atoms with Crippen molar-refractivity contribution in [2.75, 3.05) is 5.73 Å². The zero-order valence-corrected chi connectivity index (χ0v) is 7.49. The Kier molecular flexibility index (Phi) is 4.41. The van der Waals surface area contributed by atoms with Gasteiger partial charge in [0.05, 0.1) is 10.6 Å². The van der Waals surface area contributed by atoms with Crippen molar-refractivity contribution in [2.24, 2.45) is 0 Å². The van der Waals surface area contributed by atoms with Crippen molar-refractivity contribution < 1.29 is 32.9 Å². The predicted octanol–water partition coefficient (Wildman–Crippen LogP) is -1.51. The first-order chi connectivity index (χ1) is 6.06. The van der Waals surface area contributed by atoms with Crippen LogP contribution in [-0.4, -0.2) is 4.92 Å². The first-order valence-electron chi connectivity index (χ1n) is 3.21. The number of rotatable bonds is 2. The van der Waals surface area contributed by atoms with E-state index < -0.39 is 16.4 Å². The number of nitro groups is 1. The van der Waals surface area contributed by atoms with Crippen molar-refractivity contribution in [3.8, 4) is 5.75 Å². The summed E-state index contributed by atoms with van der Waals surface area (Å²) in [6.07, 6.45) is 0. The summed E-state index contributed by atoms with van der Waals surface area (Å²) in [5.41, 5.74) is 4.60. The molecule has 0 radical (unpaired) electrons. The van der Waals surface area contributed by atoms with E-state index in [0.29, 0.717) is 0 Å². The third-order valence-corrected chi connectivity index (χ3v) is 1.43. The van der Waals surface area contributed by atoms with Crippen molar-refractivity contribution in [2.45, 2.75) is 0 Å². The second-order valence-electron chi connectivity index (χ2n) is 2.24. The number of anilines is 1. The summed E-state index contributed by atoms with van der Waals surface area (Å²) >= 11 is 0. The van der Waals surface area contributed by atoms with Gasteiger partial charge in [0.25, 0.3) is 0 Å². The smallest absolute Gasteiger partial charge is 0.664 e. The molecule has 70 valence electrons. The van der Waals surface area contributed by atoms with Gasteiger partial charge in [-0.25, -0.2) is 0 Å². The van der Waals surface area contributed by atoms with Crippen molar-refractivity contribution in [3.05, 3.63) is 35.2 Å². The van der Waals surface area contributed by atoms with Crippen LogP contribution in [0, 0.1) is 23.0 Å². The number of ether oxygens (including phenoxy) is 1. The number of nitro benzene ring substituents is 1. The van der Waals surface area contributed by atoms with E-state index in [9.17, 15) is 14.5 Å². The van der Waals surface area contributed by atoms with Gasteiger partial charge in [-0.15, -0.1) is 0 Å². The third-order valence-electron chi connectivity index (χ3n) is 1.43. The summed E-state index contributed by atoms with van der Waals surface area (Å²) in [6, 6.07) is 1.70. The van der Waals surface area contributed by atoms with Crippen LogP contribution < -0.4 is 29.3 Å². The maximum Gasteiger partial charge on any atom is 1.00 e. The van der Waals surface area contributed by atoms with Gasteiger partial charge < -0.3 is 10.5 Å². The van der Waals surface area contributed by atoms with E-state index in [1.165, 1.54) is 0 Å². The second-order valence-corrected chi connectivity index (χ2v) is 2.24. The van der Waals surface area contributed by atoms with Crippen LogP contribution in [0.5, 0.6) is 5.75 Å². The molecular formula is C7H6FLiN2O3. The second kappa shape index (κ2) is 4.84. The van der Waals surface area contributed by atoms with Gasteiger partial charge in [-0.05, 0) is 0 Å². The van der Waals surface area contributed by atoms with Crippen molar-refractivity contribution in [1.29, 1.82) is 0 Å². The molecule has 0 unspecified atom stereocenters. The molecule has 0 amide bonds. The Morgan fingerprint density at radius 1 is 1.57 bits per heavy atom. The van der Waals surface area contributed by atoms with Crippen LogP contribution >= 0.6 is 0 Å². The minimum Gasteiger partial charge on any atom is -0.664 e. The zero-order valence-electron chi connectivity index (χ0n) is 7.49. The van der Waals surface area contributed by atoms with E-state index in [-0.39, 0.29) is 30.3 Å². The van der Waals surface area contributed by atoms with E-state index in [1.54, 1.807) is 0 Å². The average molecular weight is 192 g/mol. The Labute approximate surface area is 91.4 Å². The van der Waals surface area contributed by atoms with Crippen LogP contribution in [-0.2, 0) is 0 Å². The fourth-order valence-corrected chi connectivity index (χ4v) is 0.825. The Morgan fingerprint density at radius 3 is 2.57 bits per heavy atom. The molecular weight excluding hydrogens is 186 g/mol. The quantitative estimate of drug-likeness (QED) is 0.203. The van der Waals surface area contributed by atoms with E-state index in [1.807, 2.05) is 0 Å². The van der Waals surface area contributed by atoms with Gasteiger partial charge >= 0.3 is 24.5 Å². The van der Waals surface area contributed by atoms with Gasteiger partial charge in [-0.2, -0.15) is 11.5 Å². The Balaban J connectivity index is 0.00000169. The molecule has 0 aromatic heterocycles. The summed E-state index contributed by atoms with van der Waals surface area (Å²) in [5, 5.41) is 10.2. The van der Waals surface area contributed by atoms with Gasteiger partial charge in [0, 0.05) is 12.1 Å². The zero-order chi connectivity index (χ0) is 10.0. The molecule has 0 spiro atoms.